The van der Waals surface area contributed by atoms with E-state index in [-0.39, 0.29) is 5.91 Å². The van der Waals surface area contributed by atoms with Gasteiger partial charge in [-0.2, -0.15) is 0 Å². The number of carbonyl (C=O) groups is 1. The number of halogens is 1. The minimum atomic E-state index is -0.580. The van der Waals surface area contributed by atoms with Gasteiger partial charge in [-0.05, 0) is 55.4 Å². The Morgan fingerprint density at radius 2 is 1.80 bits per heavy atom. The number of benzene rings is 2. The van der Waals surface area contributed by atoms with Crippen LogP contribution in [0, 0.1) is 0 Å². The van der Waals surface area contributed by atoms with E-state index in [9.17, 15) is 4.79 Å². The van der Waals surface area contributed by atoms with E-state index < -0.39 is 5.54 Å². The fraction of sp³-hybridized carbons (Fsp3) is 0.312. The van der Waals surface area contributed by atoms with E-state index in [4.69, 9.17) is 0 Å². The van der Waals surface area contributed by atoms with Gasteiger partial charge < -0.3 is 10.6 Å². The van der Waals surface area contributed by atoms with E-state index in [1.165, 1.54) is 0 Å². The molecule has 0 aromatic heterocycles. The highest BCUT2D eigenvalue weighted by Crippen LogP contribution is 2.23. The maximum Gasteiger partial charge on any atom is 0.244 e. The molecule has 0 aliphatic heterocycles. The molecule has 0 fully saturated rings. The summed E-state index contributed by atoms with van der Waals surface area (Å²) in [6, 6.07) is 12.0. The molecule has 0 radical (unpaired) electrons. The maximum atomic E-state index is 12.2. The van der Waals surface area contributed by atoms with Crippen molar-refractivity contribution < 1.29 is 4.79 Å². The van der Waals surface area contributed by atoms with Crippen molar-refractivity contribution in [1.29, 1.82) is 0 Å². The molecular formula is C16H19BrN2O. The molecule has 0 aliphatic rings. The maximum absolute atomic E-state index is 12.2. The minimum absolute atomic E-state index is 0.0317. The van der Waals surface area contributed by atoms with Crippen LogP contribution < -0.4 is 10.6 Å². The lowest BCUT2D eigenvalue weighted by Gasteiger charge is -2.24. The number of amides is 1. The van der Waals surface area contributed by atoms with Gasteiger partial charge in [0.05, 0.1) is 5.54 Å². The van der Waals surface area contributed by atoms with Crippen LogP contribution in [0.2, 0.25) is 0 Å². The smallest absolute Gasteiger partial charge is 0.244 e. The molecule has 2 N–H and O–H groups in total. The van der Waals surface area contributed by atoms with Gasteiger partial charge in [0.1, 0.15) is 0 Å². The van der Waals surface area contributed by atoms with Crippen molar-refractivity contribution in [3.05, 3.63) is 40.9 Å². The van der Waals surface area contributed by atoms with Crippen LogP contribution in [-0.2, 0) is 4.79 Å². The third-order valence-corrected chi connectivity index (χ3v) is 3.74. The van der Waals surface area contributed by atoms with Crippen LogP contribution in [0.25, 0.3) is 10.8 Å². The molecule has 2 aromatic carbocycles. The number of anilines is 1. The first-order valence-corrected chi connectivity index (χ1v) is 7.47. The Balaban J connectivity index is 2.22. The molecule has 0 saturated heterocycles. The molecule has 1 amide bonds. The first kappa shape index (κ1) is 15.0. The van der Waals surface area contributed by atoms with E-state index in [1.54, 1.807) is 0 Å². The molecule has 0 atom stereocenters. The fourth-order valence-corrected chi connectivity index (χ4v) is 2.48. The average molecular weight is 335 g/mol. The molecule has 0 spiro atoms. The highest BCUT2D eigenvalue weighted by atomic mass is 79.9. The number of fused-ring (bicyclic) bond motifs is 1. The van der Waals surface area contributed by atoms with Gasteiger partial charge in [0.25, 0.3) is 0 Å². The zero-order valence-corrected chi connectivity index (χ0v) is 13.5. The van der Waals surface area contributed by atoms with Crippen LogP contribution in [0.15, 0.2) is 40.9 Å². The first-order chi connectivity index (χ1) is 9.42. The summed E-state index contributed by atoms with van der Waals surface area (Å²) in [6.07, 6.45) is 0. The summed E-state index contributed by atoms with van der Waals surface area (Å²) in [5, 5.41) is 8.37. The van der Waals surface area contributed by atoms with E-state index in [1.807, 2.05) is 51.1 Å². The van der Waals surface area contributed by atoms with Gasteiger partial charge in [-0.3, -0.25) is 4.79 Å². The number of rotatable bonds is 4. The number of carbonyl (C=O) groups excluding carboxylic acids is 1. The Bertz CT molecular complexity index is 637. The topological polar surface area (TPSA) is 41.1 Å². The van der Waals surface area contributed by atoms with Gasteiger partial charge in [-0.1, -0.05) is 35.0 Å². The lowest BCUT2D eigenvalue weighted by Crippen LogP contribution is -2.49. The average Bonchev–Trinajstić information content (AvgIpc) is 2.39. The van der Waals surface area contributed by atoms with Crippen LogP contribution in [-0.4, -0.2) is 18.0 Å². The van der Waals surface area contributed by atoms with Crippen molar-refractivity contribution >= 4 is 38.3 Å². The Kier molecular flexibility index (Phi) is 4.45. The zero-order valence-electron chi connectivity index (χ0n) is 12.0. The molecule has 4 heteroatoms. The minimum Gasteiger partial charge on any atom is -0.324 e. The highest BCUT2D eigenvalue weighted by molar-refractivity contribution is 9.10. The predicted octanol–water partition coefficient (Wildman–Crippen LogP) is 3.93. The summed E-state index contributed by atoms with van der Waals surface area (Å²) in [6.45, 7) is 6.50. The van der Waals surface area contributed by atoms with Gasteiger partial charge in [-0.15, -0.1) is 0 Å². The van der Waals surface area contributed by atoms with Crippen LogP contribution >= 0.6 is 15.9 Å². The molecule has 0 unspecified atom stereocenters. The van der Waals surface area contributed by atoms with Gasteiger partial charge >= 0.3 is 0 Å². The van der Waals surface area contributed by atoms with Crippen LogP contribution in [0.3, 0.4) is 0 Å². The number of nitrogens with one attached hydrogen (secondary N) is 2. The first-order valence-electron chi connectivity index (χ1n) is 6.68. The van der Waals surface area contributed by atoms with Crippen molar-refractivity contribution in [2.24, 2.45) is 0 Å². The molecule has 0 saturated carbocycles. The Morgan fingerprint density at radius 1 is 1.15 bits per heavy atom. The quantitative estimate of drug-likeness (QED) is 0.889. The Labute approximate surface area is 127 Å². The monoisotopic (exact) mass is 334 g/mol. The SMILES string of the molecule is CCNC(C)(C)C(=O)Nc1ccc2cc(Br)ccc2c1. The summed E-state index contributed by atoms with van der Waals surface area (Å²) >= 11 is 3.46. The van der Waals surface area contributed by atoms with E-state index >= 15 is 0 Å². The predicted molar refractivity (Wildman–Crippen MR) is 88.0 cm³/mol. The molecular weight excluding hydrogens is 316 g/mol. The Hall–Kier alpha value is -1.39. The van der Waals surface area contributed by atoms with E-state index in [2.05, 4.69) is 32.6 Å². The van der Waals surface area contributed by atoms with E-state index in [0.29, 0.717) is 0 Å². The summed E-state index contributed by atoms with van der Waals surface area (Å²) in [5.41, 5.74) is 0.236. The van der Waals surface area contributed by atoms with Gasteiger partial charge in [0.15, 0.2) is 0 Å². The standard InChI is InChI=1S/C16H19BrN2O/c1-4-18-16(2,3)15(20)19-14-8-6-11-9-13(17)7-5-12(11)10-14/h5-10,18H,4H2,1-3H3,(H,19,20). The van der Waals surface area contributed by atoms with Gasteiger partial charge in [-0.25, -0.2) is 0 Å². The molecule has 20 heavy (non-hydrogen) atoms. The normalized spacial score (nSPS) is 11.6. The molecule has 3 nitrogen and oxygen atoms in total. The third-order valence-electron chi connectivity index (χ3n) is 3.25. The van der Waals surface area contributed by atoms with Crippen LogP contribution in [0.5, 0.6) is 0 Å². The molecule has 2 aromatic rings. The summed E-state index contributed by atoms with van der Waals surface area (Å²) in [7, 11) is 0. The van der Waals surface area contributed by atoms with Crippen molar-refractivity contribution in [2.45, 2.75) is 26.3 Å². The molecule has 106 valence electrons. The van der Waals surface area contributed by atoms with Crippen molar-refractivity contribution in [3.63, 3.8) is 0 Å². The second-order valence-electron chi connectivity index (χ2n) is 5.32. The summed E-state index contributed by atoms with van der Waals surface area (Å²) < 4.78 is 1.05. The lowest BCUT2D eigenvalue weighted by molar-refractivity contribution is -0.121. The second-order valence-corrected chi connectivity index (χ2v) is 6.23. The summed E-state index contributed by atoms with van der Waals surface area (Å²) in [5.74, 6) is -0.0317. The van der Waals surface area contributed by atoms with Crippen molar-refractivity contribution in [1.82, 2.24) is 5.32 Å². The lowest BCUT2D eigenvalue weighted by atomic mass is 10.0. The van der Waals surface area contributed by atoms with Gasteiger partial charge in [0, 0.05) is 10.2 Å². The van der Waals surface area contributed by atoms with Crippen LogP contribution in [0.4, 0.5) is 5.69 Å². The van der Waals surface area contributed by atoms with Crippen molar-refractivity contribution in [2.75, 3.05) is 11.9 Å². The number of hydrogen-bond acceptors (Lipinski definition) is 2. The van der Waals surface area contributed by atoms with Crippen LogP contribution in [0.1, 0.15) is 20.8 Å². The highest BCUT2D eigenvalue weighted by Gasteiger charge is 2.26. The molecule has 0 aliphatic carbocycles. The second kappa shape index (κ2) is 5.94. The Morgan fingerprint density at radius 3 is 2.50 bits per heavy atom. The molecule has 0 bridgehead atoms. The fourth-order valence-electron chi connectivity index (χ4n) is 2.10. The largest absolute Gasteiger partial charge is 0.324 e. The van der Waals surface area contributed by atoms with Crippen molar-refractivity contribution in [3.8, 4) is 0 Å². The van der Waals surface area contributed by atoms with Gasteiger partial charge in [0.2, 0.25) is 5.91 Å². The molecule has 0 heterocycles. The van der Waals surface area contributed by atoms with E-state index in [0.717, 1.165) is 27.5 Å². The number of hydrogen-bond donors (Lipinski definition) is 2. The summed E-state index contributed by atoms with van der Waals surface area (Å²) in [4.78, 5) is 12.2. The zero-order chi connectivity index (χ0) is 14.8. The number of likely N-dealkylation sites (N-methyl/N-ethyl adjacent to an activating group) is 1. The third kappa shape index (κ3) is 3.38. The molecule has 2 rings (SSSR count).